The van der Waals surface area contributed by atoms with Gasteiger partial charge in [0.15, 0.2) is 0 Å². The van der Waals surface area contributed by atoms with Crippen LogP contribution in [0.3, 0.4) is 0 Å². The summed E-state index contributed by atoms with van der Waals surface area (Å²) in [5.41, 5.74) is 6.96. The predicted octanol–water partition coefficient (Wildman–Crippen LogP) is 1.82. The highest BCUT2D eigenvalue weighted by Gasteiger charge is 2.36. The highest BCUT2D eigenvalue weighted by atomic mass is 28.4. The molecule has 0 aliphatic rings. The summed E-state index contributed by atoms with van der Waals surface area (Å²) >= 11 is 0. The molecule has 26 heavy (non-hydrogen) atoms. The molecule has 0 heterocycles. The maximum Gasteiger partial charge on any atom is 0.500 e. The van der Waals surface area contributed by atoms with E-state index in [9.17, 15) is 0 Å². The second-order valence-electron chi connectivity index (χ2n) is 6.05. The molecule has 0 fully saturated rings. The van der Waals surface area contributed by atoms with E-state index < -0.39 is 8.80 Å². The van der Waals surface area contributed by atoms with E-state index >= 15 is 0 Å². The van der Waals surface area contributed by atoms with Crippen molar-refractivity contribution >= 4 is 14.9 Å². The molecule has 0 bridgehead atoms. The van der Waals surface area contributed by atoms with Crippen LogP contribution in [0.2, 0.25) is 6.04 Å². The molecule has 0 spiro atoms. The molecule has 0 aromatic heterocycles. The fourth-order valence-corrected chi connectivity index (χ4v) is 4.45. The van der Waals surface area contributed by atoms with Gasteiger partial charge in [-0.3, -0.25) is 4.90 Å². The number of nitrogens with two attached hydrogens (primary N) is 1. The Bertz CT molecular complexity index is 476. The summed E-state index contributed by atoms with van der Waals surface area (Å²) in [4.78, 5) is 2.35. The average Bonchev–Trinajstić information content (AvgIpc) is 2.69. The van der Waals surface area contributed by atoms with E-state index in [1.165, 1.54) is 5.56 Å². The average molecular weight is 382 g/mol. The van der Waals surface area contributed by atoms with E-state index in [4.69, 9.17) is 19.0 Å². The summed E-state index contributed by atoms with van der Waals surface area (Å²) in [5, 5.41) is 3.48. The Kier molecular flexibility index (Phi) is 12.4. The van der Waals surface area contributed by atoms with E-state index in [0.29, 0.717) is 6.54 Å². The second-order valence-corrected chi connectivity index (χ2v) is 9.14. The summed E-state index contributed by atoms with van der Waals surface area (Å²) in [6, 6.07) is 11.2. The molecule has 0 atom stereocenters. The third-order valence-electron chi connectivity index (χ3n) is 4.29. The maximum atomic E-state index is 5.73. The van der Waals surface area contributed by atoms with Crippen LogP contribution >= 0.6 is 0 Å². The Hall–Kier alpha value is -1.06. The first-order valence-corrected chi connectivity index (χ1v) is 11.1. The van der Waals surface area contributed by atoms with Crippen LogP contribution in [0.1, 0.15) is 12.0 Å². The molecule has 0 aliphatic heterocycles. The number of rotatable bonds is 15. The lowest BCUT2D eigenvalue weighted by Gasteiger charge is -2.24. The van der Waals surface area contributed by atoms with Crippen molar-refractivity contribution in [1.82, 2.24) is 10.2 Å². The van der Waals surface area contributed by atoms with E-state index in [2.05, 4.69) is 46.6 Å². The SMILES string of the molecule is CO[Si](CCCNCCN(CC=Cc1ccccc1)CCN)(OC)OC. The molecule has 1 aromatic carbocycles. The van der Waals surface area contributed by atoms with Gasteiger partial charge in [0.1, 0.15) is 0 Å². The zero-order valence-corrected chi connectivity index (χ0v) is 17.4. The highest BCUT2D eigenvalue weighted by Crippen LogP contribution is 2.14. The lowest BCUT2D eigenvalue weighted by Crippen LogP contribution is -2.43. The third-order valence-corrected chi connectivity index (χ3v) is 7.13. The van der Waals surface area contributed by atoms with Crippen molar-refractivity contribution < 1.29 is 13.3 Å². The van der Waals surface area contributed by atoms with Gasteiger partial charge in [-0.15, -0.1) is 0 Å². The first kappa shape index (κ1) is 23.0. The Labute approximate surface area is 159 Å². The lowest BCUT2D eigenvalue weighted by atomic mass is 10.2. The van der Waals surface area contributed by atoms with Gasteiger partial charge in [-0.05, 0) is 18.5 Å². The highest BCUT2D eigenvalue weighted by molar-refractivity contribution is 6.60. The van der Waals surface area contributed by atoms with Gasteiger partial charge in [-0.1, -0.05) is 42.5 Å². The van der Waals surface area contributed by atoms with Crippen LogP contribution < -0.4 is 11.1 Å². The summed E-state index contributed by atoms with van der Waals surface area (Å²) in [5.74, 6) is 0. The number of hydrogen-bond acceptors (Lipinski definition) is 6. The van der Waals surface area contributed by atoms with Crippen molar-refractivity contribution in [2.75, 3.05) is 60.6 Å². The lowest BCUT2D eigenvalue weighted by molar-refractivity contribution is 0.123. The topological polar surface area (TPSA) is 69.0 Å². The number of benzene rings is 1. The van der Waals surface area contributed by atoms with Gasteiger partial charge in [0.25, 0.3) is 0 Å². The molecule has 0 unspecified atom stereocenters. The van der Waals surface area contributed by atoms with E-state index in [1.807, 2.05) is 6.07 Å². The van der Waals surface area contributed by atoms with Gasteiger partial charge >= 0.3 is 8.80 Å². The molecular formula is C19H35N3O3Si. The molecule has 1 rings (SSSR count). The van der Waals surface area contributed by atoms with Crippen LogP contribution in [0.4, 0.5) is 0 Å². The van der Waals surface area contributed by atoms with Crippen LogP contribution in [0, 0.1) is 0 Å². The fourth-order valence-electron chi connectivity index (χ4n) is 2.73. The van der Waals surface area contributed by atoms with Crippen molar-refractivity contribution in [2.45, 2.75) is 12.5 Å². The smallest absolute Gasteiger partial charge is 0.377 e. The number of hydrogen-bond donors (Lipinski definition) is 2. The molecule has 0 amide bonds. The first-order chi connectivity index (χ1) is 12.7. The van der Waals surface area contributed by atoms with E-state index in [0.717, 1.165) is 45.2 Å². The van der Waals surface area contributed by atoms with E-state index in [1.54, 1.807) is 21.3 Å². The molecule has 0 aliphatic carbocycles. The largest absolute Gasteiger partial charge is 0.500 e. The van der Waals surface area contributed by atoms with E-state index in [-0.39, 0.29) is 0 Å². The molecule has 1 aromatic rings. The van der Waals surface area contributed by atoms with Gasteiger partial charge in [0.05, 0.1) is 0 Å². The number of nitrogens with one attached hydrogen (secondary N) is 1. The normalized spacial score (nSPS) is 12.3. The summed E-state index contributed by atoms with van der Waals surface area (Å²) in [6.45, 7) is 5.29. The molecule has 7 heteroatoms. The molecule has 0 saturated carbocycles. The van der Waals surface area contributed by atoms with Gasteiger partial charge in [-0.2, -0.15) is 0 Å². The quantitative estimate of drug-likeness (QED) is 0.357. The van der Waals surface area contributed by atoms with Crippen LogP contribution in [0.25, 0.3) is 6.08 Å². The fraction of sp³-hybridized carbons (Fsp3) is 0.579. The molecule has 0 radical (unpaired) electrons. The Morgan fingerprint density at radius 1 is 1.04 bits per heavy atom. The minimum Gasteiger partial charge on any atom is -0.377 e. The molecule has 0 saturated heterocycles. The predicted molar refractivity (Wildman–Crippen MR) is 110 cm³/mol. The minimum atomic E-state index is -2.44. The van der Waals surface area contributed by atoms with Gasteiger partial charge in [0.2, 0.25) is 0 Å². The maximum absolute atomic E-state index is 5.73. The van der Waals surface area contributed by atoms with Crippen molar-refractivity contribution in [2.24, 2.45) is 5.73 Å². The van der Waals surface area contributed by atoms with Crippen molar-refractivity contribution in [3.63, 3.8) is 0 Å². The second kappa shape index (κ2) is 14.1. The monoisotopic (exact) mass is 381 g/mol. The summed E-state index contributed by atoms with van der Waals surface area (Å²) in [7, 11) is 2.52. The van der Waals surface area contributed by atoms with Gasteiger partial charge in [0, 0.05) is 60.1 Å². The minimum absolute atomic E-state index is 0.669. The first-order valence-electron chi connectivity index (χ1n) is 9.20. The van der Waals surface area contributed by atoms with Crippen LogP contribution in [-0.4, -0.2) is 74.3 Å². The molecular weight excluding hydrogens is 346 g/mol. The van der Waals surface area contributed by atoms with Crippen LogP contribution in [-0.2, 0) is 13.3 Å². The van der Waals surface area contributed by atoms with Gasteiger partial charge in [-0.25, -0.2) is 0 Å². The Balaban J connectivity index is 2.24. The molecule has 6 nitrogen and oxygen atoms in total. The van der Waals surface area contributed by atoms with Crippen molar-refractivity contribution in [1.29, 1.82) is 0 Å². The van der Waals surface area contributed by atoms with Gasteiger partial charge < -0.3 is 24.3 Å². The summed E-state index contributed by atoms with van der Waals surface area (Å²) in [6.07, 6.45) is 5.31. The zero-order chi connectivity index (χ0) is 19.1. The Morgan fingerprint density at radius 3 is 2.35 bits per heavy atom. The molecule has 148 valence electrons. The molecule has 3 N–H and O–H groups in total. The number of nitrogens with zero attached hydrogens (tertiary/aromatic N) is 1. The zero-order valence-electron chi connectivity index (χ0n) is 16.4. The van der Waals surface area contributed by atoms with Crippen molar-refractivity contribution in [3.8, 4) is 0 Å². The van der Waals surface area contributed by atoms with Crippen LogP contribution in [0.5, 0.6) is 0 Å². The third kappa shape index (κ3) is 9.04. The van der Waals surface area contributed by atoms with Crippen molar-refractivity contribution in [3.05, 3.63) is 42.0 Å². The summed E-state index contributed by atoms with van der Waals surface area (Å²) < 4.78 is 16.3. The standard InChI is InChI=1S/C19H35N3O3Si/c1-23-26(24-2,25-3)18-8-13-21-14-17-22(16-12-20)15-7-11-19-9-5-4-6-10-19/h4-7,9-11,21H,8,12-18,20H2,1-3H3. The Morgan fingerprint density at radius 2 is 1.73 bits per heavy atom. The van der Waals surface area contributed by atoms with Crippen LogP contribution in [0.15, 0.2) is 36.4 Å².